The first-order chi connectivity index (χ1) is 14.2. The van der Waals surface area contributed by atoms with Gasteiger partial charge >= 0.3 is 0 Å². The molecular weight excluding hydrogens is 409 g/mol. The first-order valence-corrected chi connectivity index (χ1v) is 11.0. The molecule has 3 heterocycles. The summed E-state index contributed by atoms with van der Waals surface area (Å²) in [7, 11) is -1.98. The number of rotatable bonds is 5. The molecule has 0 radical (unpaired) electrons. The molecule has 1 aliphatic heterocycles. The predicted octanol–water partition coefficient (Wildman–Crippen LogP) is 2.15. The zero-order valence-electron chi connectivity index (χ0n) is 16.9. The summed E-state index contributed by atoms with van der Waals surface area (Å²) >= 11 is 0. The van der Waals surface area contributed by atoms with Gasteiger partial charge in [-0.05, 0) is 18.2 Å². The van der Waals surface area contributed by atoms with Crippen LogP contribution in [-0.4, -0.2) is 45.1 Å². The van der Waals surface area contributed by atoms with Gasteiger partial charge in [-0.3, -0.25) is 4.79 Å². The number of hydrogen-bond donors (Lipinski definition) is 0. The van der Waals surface area contributed by atoms with Crippen LogP contribution in [0.4, 0.5) is 4.39 Å². The van der Waals surface area contributed by atoms with Crippen molar-refractivity contribution in [3.8, 4) is 11.3 Å². The van der Waals surface area contributed by atoms with Gasteiger partial charge in [0.05, 0.1) is 11.7 Å². The number of sulfonamides is 1. The lowest BCUT2D eigenvalue weighted by atomic mass is 10.1. The van der Waals surface area contributed by atoms with Crippen LogP contribution in [0, 0.1) is 5.82 Å². The normalized spacial score (nSPS) is 15.5. The van der Waals surface area contributed by atoms with Crippen molar-refractivity contribution in [1.29, 1.82) is 0 Å². The van der Waals surface area contributed by atoms with E-state index in [1.807, 2.05) is 13.8 Å². The molecule has 8 nitrogen and oxygen atoms in total. The van der Waals surface area contributed by atoms with Gasteiger partial charge in [0.25, 0.3) is 15.6 Å². The molecule has 1 fully saturated rings. The van der Waals surface area contributed by atoms with Gasteiger partial charge in [-0.15, -0.1) is 0 Å². The van der Waals surface area contributed by atoms with Crippen LogP contribution in [0.15, 0.2) is 52.4 Å². The van der Waals surface area contributed by atoms with E-state index in [2.05, 4.69) is 10.1 Å². The monoisotopic (exact) mass is 431 g/mol. The number of aryl methyl sites for hydroxylation is 1. The van der Waals surface area contributed by atoms with E-state index in [1.165, 1.54) is 39.4 Å². The van der Waals surface area contributed by atoms with E-state index in [0.717, 1.165) is 0 Å². The summed E-state index contributed by atoms with van der Waals surface area (Å²) in [6, 6.07) is 8.43. The fourth-order valence-corrected chi connectivity index (χ4v) is 5.00. The lowest BCUT2D eigenvalue weighted by molar-refractivity contribution is 0.185. The second-order valence-corrected chi connectivity index (χ2v) is 9.58. The number of benzene rings is 1. The average molecular weight is 431 g/mol. The van der Waals surface area contributed by atoms with Crippen LogP contribution in [0.1, 0.15) is 31.6 Å². The van der Waals surface area contributed by atoms with Crippen LogP contribution in [-0.2, 0) is 17.1 Å². The number of halogens is 1. The van der Waals surface area contributed by atoms with E-state index in [0.29, 0.717) is 17.1 Å². The lowest BCUT2D eigenvalue weighted by Gasteiger charge is -2.37. The second-order valence-electron chi connectivity index (χ2n) is 7.69. The van der Waals surface area contributed by atoms with E-state index < -0.39 is 21.9 Å². The Morgan fingerprint density at radius 2 is 1.90 bits per heavy atom. The Kier molecular flexibility index (Phi) is 5.07. The van der Waals surface area contributed by atoms with Crippen molar-refractivity contribution in [3.63, 3.8) is 0 Å². The summed E-state index contributed by atoms with van der Waals surface area (Å²) in [5.41, 5.74) is 0.654. The van der Waals surface area contributed by atoms with Crippen LogP contribution in [0.2, 0.25) is 0 Å². The maximum absolute atomic E-state index is 13.5. The van der Waals surface area contributed by atoms with Crippen molar-refractivity contribution < 1.29 is 12.8 Å². The first kappa shape index (κ1) is 20.4. The molecule has 4 rings (SSSR count). The summed E-state index contributed by atoms with van der Waals surface area (Å²) in [6.45, 7) is 4.13. The minimum Gasteiger partial charge on any atom is -0.336 e. The Hall–Kier alpha value is -2.85. The number of hydrogen-bond acceptors (Lipinski definition) is 5. The molecule has 1 aromatic carbocycles. The van der Waals surface area contributed by atoms with Crippen molar-refractivity contribution in [2.24, 2.45) is 7.05 Å². The highest BCUT2D eigenvalue weighted by molar-refractivity contribution is 7.89. The second kappa shape index (κ2) is 7.44. The van der Waals surface area contributed by atoms with Crippen molar-refractivity contribution in [2.45, 2.75) is 30.8 Å². The maximum Gasteiger partial charge on any atom is 0.267 e. The molecule has 10 heteroatoms. The van der Waals surface area contributed by atoms with E-state index in [9.17, 15) is 17.6 Å². The molecule has 0 saturated carbocycles. The van der Waals surface area contributed by atoms with Gasteiger partial charge < -0.3 is 4.57 Å². The molecule has 0 atom stereocenters. The minimum absolute atomic E-state index is 0.000896. The zero-order valence-corrected chi connectivity index (χ0v) is 17.7. The Morgan fingerprint density at radius 1 is 1.17 bits per heavy atom. The summed E-state index contributed by atoms with van der Waals surface area (Å²) in [5.74, 6) is 0.381. The average Bonchev–Trinajstić information content (AvgIpc) is 3.05. The molecule has 0 unspecified atom stereocenters. The Bertz CT molecular complexity index is 1260. The van der Waals surface area contributed by atoms with Gasteiger partial charge in [-0.25, -0.2) is 22.5 Å². The smallest absolute Gasteiger partial charge is 0.267 e. The highest BCUT2D eigenvalue weighted by Gasteiger charge is 2.40. The first-order valence-electron chi connectivity index (χ1n) is 9.56. The molecule has 30 heavy (non-hydrogen) atoms. The molecule has 3 aromatic rings. The Morgan fingerprint density at radius 3 is 2.53 bits per heavy atom. The van der Waals surface area contributed by atoms with E-state index in [4.69, 9.17) is 0 Å². The van der Waals surface area contributed by atoms with E-state index in [-0.39, 0.29) is 29.6 Å². The largest absolute Gasteiger partial charge is 0.336 e. The van der Waals surface area contributed by atoms with Crippen LogP contribution < -0.4 is 5.56 Å². The lowest BCUT2D eigenvalue weighted by Crippen LogP contribution is -2.53. The maximum atomic E-state index is 13.5. The summed E-state index contributed by atoms with van der Waals surface area (Å²) in [6.07, 6.45) is 1.51. The standard InChI is InChI=1S/C20H22FN5O3S/c1-13(2)20-22-18(12-24(20)3)30(28,29)25-10-16(11-25)26-19(27)8-7-17(23-26)14-5-4-6-15(21)9-14/h4-9,12-13,16H,10-11H2,1-3H3. The molecule has 2 aromatic heterocycles. The molecular formula is C20H22FN5O3S. The van der Waals surface area contributed by atoms with Gasteiger partial charge in [0.15, 0.2) is 5.03 Å². The molecule has 0 spiro atoms. The fraction of sp³-hybridized carbons (Fsp3) is 0.350. The third kappa shape index (κ3) is 3.56. The van der Waals surface area contributed by atoms with E-state index in [1.54, 1.807) is 23.7 Å². The van der Waals surface area contributed by atoms with Crippen LogP contribution in [0.25, 0.3) is 11.3 Å². The third-order valence-corrected chi connectivity index (χ3v) is 6.83. The fourth-order valence-electron chi connectivity index (χ4n) is 3.50. The molecule has 0 amide bonds. The predicted molar refractivity (Wildman–Crippen MR) is 109 cm³/mol. The van der Waals surface area contributed by atoms with E-state index >= 15 is 0 Å². The highest BCUT2D eigenvalue weighted by atomic mass is 32.2. The van der Waals surface area contributed by atoms with Gasteiger partial charge in [0.2, 0.25) is 0 Å². The summed E-state index contributed by atoms with van der Waals surface area (Å²) in [4.78, 5) is 16.6. The van der Waals surface area contributed by atoms with Gasteiger partial charge in [-0.2, -0.15) is 9.40 Å². The topological polar surface area (TPSA) is 90.1 Å². The van der Waals surface area contributed by atoms with Gasteiger partial charge in [0, 0.05) is 43.9 Å². The van der Waals surface area contributed by atoms with Crippen LogP contribution in [0.3, 0.4) is 0 Å². The molecule has 0 N–H and O–H groups in total. The van der Waals surface area contributed by atoms with Crippen LogP contribution in [0.5, 0.6) is 0 Å². The molecule has 158 valence electrons. The quantitative estimate of drug-likeness (QED) is 0.618. The summed E-state index contributed by atoms with van der Waals surface area (Å²) < 4.78 is 43.6. The van der Waals surface area contributed by atoms with Gasteiger partial charge in [0.1, 0.15) is 11.6 Å². The van der Waals surface area contributed by atoms with Gasteiger partial charge in [-0.1, -0.05) is 26.0 Å². The van der Waals surface area contributed by atoms with Crippen molar-refractivity contribution in [2.75, 3.05) is 13.1 Å². The molecule has 1 aliphatic rings. The van der Waals surface area contributed by atoms with Crippen molar-refractivity contribution in [1.82, 2.24) is 23.6 Å². The molecule has 0 aliphatic carbocycles. The zero-order chi connectivity index (χ0) is 21.6. The highest BCUT2D eigenvalue weighted by Crippen LogP contribution is 2.28. The summed E-state index contributed by atoms with van der Waals surface area (Å²) in [5, 5.41) is 4.33. The van der Waals surface area contributed by atoms with Crippen LogP contribution >= 0.6 is 0 Å². The SMILES string of the molecule is CC(C)c1nc(S(=O)(=O)N2CC(n3nc(-c4cccc(F)c4)ccc3=O)C2)cn1C. The minimum atomic E-state index is -3.75. The third-order valence-electron chi connectivity index (χ3n) is 5.13. The van der Waals surface area contributed by atoms with Crippen molar-refractivity contribution in [3.05, 3.63) is 64.6 Å². The Labute approximate surface area is 173 Å². The number of nitrogens with zero attached hydrogens (tertiary/aromatic N) is 5. The number of aromatic nitrogens is 4. The molecule has 0 bridgehead atoms. The molecule has 1 saturated heterocycles. The van der Waals surface area contributed by atoms with Crippen molar-refractivity contribution >= 4 is 10.0 Å². The number of imidazole rings is 1. The Balaban J connectivity index is 1.56.